The molecule has 4 unspecified atom stereocenters. The van der Waals surface area contributed by atoms with E-state index in [1.54, 1.807) is 39.5 Å². The first kappa shape index (κ1) is 52.6. The summed E-state index contributed by atoms with van der Waals surface area (Å²) in [5.41, 5.74) is -0.934. The molecule has 2 aliphatic rings. The predicted octanol–water partition coefficient (Wildman–Crippen LogP) is 6.05. The molecule has 1 aromatic carbocycles. The number of alkyl carbamates (subject to hydrolysis) is 2. The van der Waals surface area contributed by atoms with Gasteiger partial charge in [0.15, 0.2) is 0 Å². The first-order valence-electron chi connectivity index (χ1n) is 22.5. The lowest BCUT2D eigenvalue weighted by Gasteiger charge is -2.50. The zero-order valence-electron chi connectivity index (χ0n) is 39.7. The van der Waals surface area contributed by atoms with Crippen molar-refractivity contribution in [2.75, 3.05) is 20.2 Å². The Kier molecular flexibility index (Phi) is 19.5. The molecule has 5 N–H and O–H groups in total. The molecule has 0 radical (unpaired) electrons. The largest absolute Gasteiger partial charge is 0.467 e. The van der Waals surface area contributed by atoms with Crippen LogP contribution in [0.1, 0.15) is 127 Å². The number of esters is 1. The minimum atomic E-state index is -1.06. The van der Waals surface area contributed by atoms with Crippen LogP contribution >= 0.6 is 0 Å². The summed E-state index contributed by atoms with van der Waals surface area (Å²) in [7, 11) is 1.22. The molecule has 2 aliphatic heterocycles. The molecular weight excluding hydrogens is 809 g/mol. The van der Waals surface area contributed by atoms with Crippen molar-refractivity contribution in [3.63, 3.8) is 0 Å². The first-order chi connectivity index (χ1) is 29.3. The van der Waals surface area contributed by atoms with Crippen molar-refractivity contribution in [2.24, 2.45) is 17.8 Å². The van der Waals surface area contributed by atoms with Crippen molar-refractivity contribution in [2.45, 2.75) is 174 Å². The van der Waals surface area contributed by atoms with Crippen LogP contribution in [0, 0.1) is 17.8 Å². The van der Waals surface area contributed by atoms with Crippen LogP contribution in [0.3, 0.4) is 0 Å². The summed E-state index contributed by atoms with van der Waals surface area (Å²) >= 11 is 0. The summed E-state index contributed by atoms with van der Waals surface area (Å²) in [6.07, 6.45) is 5.35. The van der Waals surface area contributed by atoms with Gasteiger partial charge in [0.05, 0.1) is 19.1 Å². The predicted molar refractivity (Wildman–Crippen MR) is 239 cm³/mol. The number of benzene rings is 1. The van der Waals surface area contributed by atoms with Crippen molar-refractivity contribution >= 4 is 35.9 Å². The summed E-state index contributed by atoms with van der Waals surface area (Å²) in [6.45, 7) is 21.0. The van der Waals surface area contributed by atoms with Crippen LogP contribution in [0.2, 0.25) is 0 Å². The smallest absolute Gasteiger partial charge is 0.408 e. The molecule has 0 spiro atoms. The van der Waals surface area contributed by atoms with Crippen LogP contribution in [0.4, 0.5) is 9.59 Å². The van der Waals surface area contributed by atoms with Gasteiger partial charge >= 0.3 is 18.2 Å². The summed E-state index contributed by atoms with van der Waals surface area (Å²) < 4.78 is 16.2. The lowest BCUT2D eigenvalue weighted by atomic mass is 9.80. The van der Waals surface area contributed by atoms with Crippen LogP contribution in [-0.2, 0) is 39.8 Å². The fourth-order valence-corrected chi connectivity index (χ4v) is 8.43. The molecule has 5 amide bonds. The Morgan fingerprint density at radius 3 is 2.11 bits per heavy atom. The Bertz CT molecular complexity index is 1710. The number of amides is 5. The van der Waals surface area contributed by atoms with E-state index in [2.05, 4.69) is 21.3 Å². The van der Waals surface area contributed by atoms with E-state index in [4.69, 9.17) is 14.2 Å². The molecule has 3 rings (SSSR count). The number of carbonyl (C=O) groups is 6. The van der Waals surface area contributed by atoms with Gasteiger partial charge in [-0.05, 0) is 104 Å². The van der Waals surface area contributed by atoms with Crippen LogP contribution in [0.5, 0.6) is 0 Å². The molecule has 5 atom stereocenters. The van der Waals surface area contributed by atoms with Gasteiger partial charge in [0.25, 0.3) is 0 Å². The molecule has 16 nitrogen and oxygen atoms in total. The van der Waals surface area contributed by atoms with Gasteiger partial charge in [0.2, 0.25) is 17.7 Å². The number of nitrogens with one attached hydrogen (secondary N) is 4. The summed E-state index contributed by atoms with van der Waals surface area (Å²) in [5, 5.41) is 23.1. The topological polar surface area (TPSA) is 205 Å². The number of ether oxygens (including phenoxy) is 3. The Morgan fingerprint density at radius 1 is 0.905 bits per heavy atom. The number of hydrogen-bond acceptors (Lipinski definition) is 11. The highest BCUT2D eigenvalue weighted by Gasteiger charge is 2.46. The molecule has 63 heavy (non-hydrogen) atoms. The monoisotopic (exact) mass is 885 g/mol. The van der Waals surface area contributed by atoms with Crippen molar-refractivity contribution in [1.29, 1.82) is 0 Å². The fourth-order valence-electron chi connectivity index (χ4n) is 8.43. The van der Waals surface area contributed by atoms with Gasteiger partial charge in [-0.3, -0.25) is 14.4 Å². The molecule has 0 bridgehead atoms. The Hall–Kier alpha value is -4.70. The van der Waals surface area contributed by atoms with E-state index in [0.29, 0.717) is 51.5 Å². The van der Waals surface area contributed by atoms with Crippen molar-refractivity contribution in [1.82, 2.24) is 31.2 Å². The molecule has 16 heteroatoms. The molecule has 0 aromatic heterocycles. The second-order valence-electron chi connectivity index (χ2n) is 20.0. The van der Waals surface area contributed by atoms with Gasteiger partial charge in [-0.25, -0.2) is 14.4 Å². The van der Waals surface area contributed by atoms with Gasteiger partial charge in [-0.1, -0.05) is 70.2 Å². The number of nitrogens with zero attached hydrogens (tertiary/aromatic N) is 2. The van der Waals surface area contributed by atoms with E-state index in [9.17, 15) is 34.0 Å². The van der Waals surface area contributed by atoms with Crippen LogP contribution in [0.25, 0.3) is 0 Å². The Labute approximate surface area is 374 Å². The van der Waals surface area contributed by atoms with E-state index in [1.807, 2.05) is 84.0 Å². The standard InChI is InChI=1S/C47H76N6O10/c1-30(2)26-34(49-44(59)63-45(5,6)7)23-22-33(27-32-18-14-13-15-19-32)41(56)52-25-17-21-37(52)39(54)51-38(31(3)4)40(55)50-36(42(57)61-12)20-16-24-48-43(58)62-35-28-46(8,9)53(60)47(10,11)29-35/h13-15,18-19,22-23,30-31,33-38,60H,16-17,20-21,24-29H2,1-12H3,(H,48,58)(H,49,59)(H,50,55)(H,51,54)/b23-22+/t33?,34?,36?,37-,38?/m0/s1. The number of methoxy groups -OCH3 is 1. The second kappa shape index (κ2) is 23.3. The minimum absolute atomic E-state index is 0.132. The van der Waals surface area contributed by atoms with Gasteiger partial charge in [0, 0.05) is 37.0 Å². The average molecular weight is 885 g/mol. The van der Waals surface area contributed by atoms with Crippen LogP contribution in [-0.4, -0.2) is 118 Å². The maximum absolute atomic E-state index is 14.5. The molecule has 0 saturated carbocycles. The van der Waals surface area contributed by atoms with E-state index in [1.165, 1.54) is 12.2 Å². The third kappa shape index (κ3) is 16.7. The highest BCUT2D eigenvalue weighted by molar-refractivity contribution is 5.94. The highest BCUT2D eigenvalue weighted by atomic mass is 16.6. The number of carbonyl (C=O) groups excluding carboxylic acids is 6. The quantitative estimate of drug-likeness (QED) is 0.0469. The zero-order valence-corrected chi connectivity index (χ0v) is 39.7. The first-order valence-corrected chi connectivity index (χ1v) is 22.5. The van der Waals surface area contributed by atoms with Crippen molar-refractivity contribution < 1.29 is 48.2 Å². The third-order valence-corrected chi connectivity index (χ3v) is 11.3. The zero-order chi connectivity index (χ0) is 47.3. The Morgan fingerprint density at radius 2 is 1.54 bits per heavy atom. The second-order valence-corrected chi connectivity index (χ2v) is 20.0. The van der Waals surface area contributed by atoms with Crippen molar-refractivity contribution in [3.8, 4) is 0 Å². The Balaban J connectivity index is 1.69. The fraction of sp³-hybridized carbons (Fsp3) is 0.702. The third-order valence-electron chi connectivity index (χ3n) is 11.3. The lowest BCUT2D eigenvalue weighted by molar-refractivity contribution is -0.256. The van der Waals surface area contributed by atoms with Gasteiger partial charge < -0.3 is 45.6 Å². The van der Waals surface area contributed by atoms with Gasteiger partial charge in [-0.15, -0.1) is 0 Å². The van der Waals surface area contributed by atoms with E-state index < -0.39 is 82.8 Å². The molecule has 0 aliphatic carbocycles. The molecule has 354 valence electrons. The van der Waals surface area contributed by atoms with E-state index >= 15 is 0 Å². The summed E-state index contributed by atoms with van der Waals surface area (Å²) in [4.78, 5) is 82.2. The van der Waals surface area contributed by atoms with Crippen molar-refractivity contribution in [3.05, 3.63) is 48.0 Å². The normalized spacial score (nSPS) is 19.8. The lowest BCUT2D eigenvalue weighted by Crippen LogP contribution is -2.60. The van der Waals surface area contributed by atoms with E-state index in [-0.39, 0.29) is 30.7 Å². The van der Waals surface area contributed by atoms with Crippen LogP contribution in [0.15, 0.2) is 42.5 Å². The molecule has 2 saturated heterocycles. The molecule has 1 aromatic rings. The summed E-state index contributed by atoms with van der Waals surface area (Å²) in [6, 6.07) is 6.25. The number of likely N-dealkylation sites (tertiary alicyclic amines) is 1. The van der Waals surface area contributed by atoms with Gasteiger partial charge in [0.1, 0.15) is 29.8 Å². The number of hydroxylamine groups is 2. The number of piperidine rings is 1. The van der Waals surface area contributed by atoms with Gasteiger partial charge in [-0.2, -0.15) is 5.06 Å². The maximum atomic E-state index is 14.5. The van der Waals surface area contributed by atoms with Crippen LogP contribution < -0.4 is 21.3 Å². The number of rotatable bonds is 19. The molecule has 2 fully saturated rings. The maximum Gasteiger partial charge on any atom is 0.408 e. The molecule has 2 heterocycles. The number of hydrogen-bond donors (Lipinski definition) is 5. The SMILES string of the molecule is COC(=O)C(CCCNC(=O)OC1CC(C)(C)N(O)C(C)(C)C1)NC(=O)C(NC(=O)[C@@H]1CCCN1C(=O)C(/C=C/C(CC(C)C)NC(=O)OC(C)(C)C)Cc1ccccc1)C(C)C. The highest BCUT2D eigenvalue weighted by Crippen LogP contribution is 2.38. The molecular formula is C47H76N6O10. The summed E-state index contributed by atoms with van der Waals surface area (Å²) in [5.74, 6) is -2.80. The average Bonchev–Trinajstić information content (AvgIpc) is 3.67. The minimum Gasteiger partial charge on any atom is -0.467 e. The van der Waals surface area contributed by atoms with E-state index in [0.717, 1.165) is 5.56 Å².